The smallest absolute Gasteiger partial charge is 0.0701 e. The van der Waals surface area contributed by atoms with Crippen LogP contribution in [0.25, 0.3) is 0 Å². The Morgan fingerprint density at radius 3 is 1.17 bits per heavy atom. The van der Waals surface area contributed by atoms with Crippen LogP contribution in [0.1, 0.15) is 0 Å². The van der Waals surface area contributed by atoms with Crippen molar-refractivity contribution in [3.63, 3.8) is 0 Å². The van der Waals surface area contributed by atoms with Gasteiger partial charge in [-0.1, -0.05) is 38.5 Å². The zero-order valence-electron chi connectivity index (χ0n) is 3.85. The van der Waals surface area contributed by atoms with E-state index in [1.807, 2.05) is 0 Å². The zero-order valence-corrected chi connectivity index (χ0v) is 3.85. The molecule has 0 aromatic carbocycles. The summed E-state index contributed by atoms with van der Waals surface area (Å²) in [4.78, 5) is 0. The lowest BCUT2D eigenvalue weighted by Gasteiger charge is -1.44. The molecular formula is C6H9. The van der Waals surface area contributed by atoms with Crippen molar-refractivity contribution in [3.05, 3.63) is 38.5 Å². The van der Waals surface area contributed by atoms with Gasteiger partial charge in [0.25, 0.3) is 0 Å². The zero-order chi connectivity index (χ0) is 5.41. The molecule has 0 saturated heterocycles. The normalized spacial score (nSPS) is 4.00. The van der Waals surface area contributed by atoms with Crippen LogP contribution in [0.3, 0.4) is 0 Å². The van der Waals surface area contributed by atoms with Gasteiger partial charge in [-0.25, -0.2) is 0 Å². The first-order valence-corrected chi connectivity index (χ1v) is 1.56. The Hall–Kier alpha value is -0.780. The maximum Gasteiger partial charge on any atom is -0.0701 e. The van der Waals surface area contributed by atoms with Crippen LogP contribution in [0.15, 0.2) is 31.9 Å². The molecule has 33 valence electrons. The summed E-state index contributed by atoms with van der Waals surface area (Å²) in [5, 5.41) is 0. The molecule has 0 amide bonds. The fourth-order valence-electron chi connectivity index (χ4n) is 0. The van der Waals surface area contributed by atoms with Gasteiger partial charge in [-0.3, -0.25) is 0 Å². The average molecular weight is 81.1 g/mol. The van der Waals surface area contributed by atoms with E-state index in [4.69, 9.17) is 0 Å². The molecule has 0 bridgehead atoms. The molecule has 0 aliphatic rings. The molecule has 0 aliphatic carbocycles. The van der Waals surface area contributed by atoms with Crippen LogP contribution in [0.2, 0.25) is 0 Å². The van der Waals surface area contributed by atoms with E-state index < -0.39 is 0 Å². The molecular weight excluding hydrogens is 72.1 g/mol. The molecule has 0 heterocycles. The third-order valence-electron chi connectivity index (χ3n) is 0.167. The van der Waals surface area contributed by atoms with Crippen molar-refractivity contribution in [2.75, 3.05) is 0 Å². The summed E-state index contributed by atoms with van der Waals surface area (Å²) in [6, 6.07) is 0. The Kier molecular flexibility index (Phi) is 43.9. The molecule has 0 N–H and O–H groups in total. The second-order valence-electron chi connectivity index (χ2n) is 0.471. The second-order valence-corrected chi connectivity index (χ2v) is 0.471. The molecule has 0 heteroatoms. The Morgan fingerprint density at radius 1 is 1.00 bits per heavy atom. The minimum absolute atomic E-state index is 1.64. The number of hydrogen-bond acceptors (Lipinski definition) is 0. The third-order valence-corrected chi connectivity index (χ3v) is 0.167. The maximum atomic E-state index is 4.25. The molecule has 6 heavy (non-hydrogen) atoms. The fraction of sp³-hybridized carbons (Fsp3) is 0. The summed E-state index contributed by atoms with van der Waals surface area (Å²) in [5.41, 5.74) is 0. The molecule has 0 aromatic rings. The third kappa shape index (κ3) is 328. The summed E-state index contributed by atoms with van der Waals surface area (Å²) < 4.78 is 0. The maximum absolute atomic E-state index is 4.25. The van der Waals surface area contributed by atoms with Crippen molar-refractivity contribution in [1.29, 1.82) is 0 Å². The lowest BCUT2D eigenvalue weighted by Crippen LogP contribution is -1.21. The summed E-state index contributed by atoms with van der Waals surface area (Å²) in [7, 11) is 0. The van der Waals surface area contributed by atoms with Gasteiger partial charge < -0.3 is 0 Å². The van der Waals surface area contributed by atoms with Crippen LogP contribution in [0.4, 0.5) is 0 Å². The van der Waals surface area contributed by atoms with Gasteiger partial charge in [0.05, 0.1) is 0 Å². The van der Waals surface area contributed by atoms with Crippen LogP contribution < -0.4 is 0 Å². The van der Waals surface area contributed by atoms with Gasteiger partial charge in [0.1, 0.15) is 0 Å². The van der Waals surface area contributed by atoms with E-state index in [0.717, 1.165) is 0 Å². The Morgan fingerprint density at radius 2 is 1.17 bits per heavy atom. The van der Waals surface area contributed by atoms with E-state index in [2.05, 4.69) is 26.3 Å². The molecule has 0 fully saturated rings. The van der Waals surface area contributed by atoms with Crippen molar-refractivity contribution >= 4 is 0 Å². The Balaban J connectivity index is 0. The van der Waals surface area contributed by atoms with E-state index in [0.29, 0.717) is 0 Å². The van der Waals surface area contributed by atoms with Crippen LogP contribution in [-0.2, 0) is 0 Å². The molecule has 0 unspecified atom stereocenters. The molecule has 0 rings (SSSR count). The van der Waals surface area contributed by atoms with Crippen molar-refractivity contribution < 1.29 is 0 Å². The predicted octanol–water partition coefficient (Wildman–Crippen LogP) is 1.96. The number of rotatable bonds is 1. The summed E-state index contributed by atoms with van der Waals surface area (Å²) in [6.07, 6.45) is 3.28. The van der Waals surface area contributed by atoms with E-state index in [9.17, 15) is 0 Å². The summed E-state index contributed by atoms with van der Waals surface area (Å²) in [6.45, 7) is 13.7. The van der Waals surface area contributed by atoms with Crippen LogP contribution in [0, 0.1) is 6.58 Å². The Labute approximate surface area is 39.5 Å². The van der Waals surface area contributed by atoms with Gasteiger partial charge >= 0.3 is 0 Å². The minimum atomic E-state index is 1.64. The summed E-state index contributed by atoms with van der Waals surface area (Å²) >= 11 is 0. The van der Waals surface area contributed by atoms with Crippen molar-refractivity contribution in [3.8, 4) is 0 Å². The van der Waals surface area contributed by atoms with Crippen LogP contribution in [-0.4, -0.2) is 0 Å². The molecule has 0 aromatic heterocycles. The largest absolute Gasteiger partial charge is 0.0991 e. The lowest BCUT2D eigenvalue weighted by atomic mass is 10.6. The van der Waals surface area contributed by atoms with Gasteiger partial charge in [0, 0.05) is 0 Å². The molecule has 0 saturated carbocycles. The lowest BCUT2D eigenvalue weighted by molar-refractivity contribution is 2.15. The van der Waals surface area contributed by atoms with Crippen molar-refractivity contribution in [1.82, 2.24) is 0 Å². The topological polar surface area (TPSA) is 0 Å². The first-order chi connectivity index (χ1) is 2.91. The number of allylic oxidation sites excluding steroid dienone is 2. The van der Waals surface area contributed by atoms with Gasteiger partial charge in [0.2, 0.25) is 0 Å². The van der Waals surface area contributed by atoms with E-state index in [1.54, 1.807) is 12.2 Å². The second kappa shape index (κ2) is 29.4. The first kappa shape index (κ1) is 8.97. The highest BCUT2D eigenvalue weighted by atomic mass is 13.4. The predicted molar refractivity (Wildman–Crippen MR) is 30.3 cm³/mol. The molecule has 0 atom stereocenters. The highest BCUT2D eigenvalue weighted by Crippen LogP contribution is 1.52. The van der Waals surface area contributed by atoms with Crippen LogP contribution >= 0.6 is 0 Å². The van der Waals surface area contributed by atoms with Crippen molar-refractivity contribution in [2.24, 2.45) is 0 Å². The summed E-state index contributed by atoms with van der Waals surface area (Å²) in [5.74, 6) is 0. The SMILES string of the molecule is C=CC=C.[CH]=C. The number of hydrogen-bond donors (Lipinski definition) is 0. The molecule has 0 nitrogen and oxygen atoms in total. The van der Waals surface area contributed by atoms with Crippen LogP contribution in [0.5, 0.6) is 0 Å². The standard InChI is InChI=1S/C4H6.C2H3/c1-3-4-2;1-2/h3-4H,1-2H2;1H,2H2. The van der Waals surface area contributed by atoms with Gasteiger partial charge in [0.15, 0.2) is 0 Å². The molecule has 0 spiro atoms. The fourth-order valence-corrected chi connectivity index (χ4v) is 0. The molecule has 1 radical (unpaired) electrons. The molecule has 0 aliphatic heterocycles. The van der Waals surface area contributed by atoms with E-state index >= 15 is 0 Å². The van der Waals surface area contributed by atoms with Gasteiger partial charge in [-0.05, 0) is 0 Å². The van der Waals surface area contributed by atoms with Gasteiger partial charge in [-0.2, -0.15) is 0 Å². The minimum Gasteiger partial charge on any atom is -0.0991 e. The van der Waals surface area contributed by atoms with E-state index in [1.165, 1.54) is 0 Å². The monoisotopic (exact) mass is 81.1 g/mol. The van der Waals surface area contributed by atoms with E-state index in [-0.39, 0.29) is 0 Å². The van der Waals surface area contributed by atoms with Crippen molar-refractivity contribution in [2.45, 2.75) is 0 Å². The quantitative estimate of drug-likeness (QED) is 0.423. The Bertz CT molecular complexity index is 29.3. The van der Waals surface area contributed by atoms with Gasteiger partial charge in [-0.15, -0.1) is 0 Å². The highest BCUT2D eigenvalue weighted by molar-refractivity contribution is 4.88. The first-order valence-electron chi connectivity index (χ1n) is 1.56. The highest BCUT2D eigenvalue weighted by Gasteiger charge is 1.29. The average Bonchev–Trinajstić information content (AvgIpc) is 1.72.